The topological polar surface area (TPSA) is 26.2 Å². The number of rotatable bonds is 1. The maximum Gasteiger partial charge on any atom is 0.151 e. The van der Waals surface area contributed by atoms with Crippen LogP contribution in [-0.2, 0) is 4.74 Å². The van der Waals surface area contributed by atoms with Gasteiger partial charge in [0.05, 0.1) is 0 Å². The Bertz CT molecular complexity index is 189. The third-order valence-electron chi connectivity index (χ3n) is 1.56. The van der Waals surface area contributed by atoms with Crippen molar-refractivity contribution in [1.29, 1.82) is 0 Å². The summed E-state index contributed by atoms with van der Waals surface area (Å²) in [7, 11) is 0. The Morgan fingerprint density at radius 2 is 2.20 bits per heavy atom. The number of nitrogens with zero attached hydrogens (tertiary/aromatic N) is 1. The molecule has 0 amide bonds. The van der Waals surface area contributed by atoms with Crippen molar-refractivity contribution in [3.8, 4) is 0 Å². The molecule has 1 atom stereocenters. The normalized spacial score (nSPS) is 25.4. The van der Waals surface area contributed by atoms with Gasteiger partial charge in [0.15, 0.2) is 6.73 Å². The predicted molar refractivity (Wildman–Crippen MR) is 36.9 cm³/mol. The highest BCUT2D eigenvalue weighted by atomic mass is 16.5. The lowest BCUT2D eigenvalue weighted by Crippen LogP contribution is -2.11. The summed E-state index contributed by atoms with van der Waals surface area (Å²) in [5.74, 6) is 0. The average Bonchev–Trinajstić information content (AvgIpc) is 2.59. The van der Waals surface area contributed by atoms with Crippen LogP contribution in [0.5, 0.6) is 0 Å². The van der Waals surface area contributed by atoms with E-state index in [-0.39, 0.29) is 6.23 Å². The van der Waals surface area contributed by atoms with Crippen molar-refractivity contribution in [1.82, 2.24) is 9.88 Å². The monoisotopic (exact) mass is 137 g/mol. The molecule has 1 fully saturated rings. The van der Waals surface area contributed by atoms with E-state index in [0.717, 1.165) is 6.54 Å². The number of nitrogens with one attached hydrogen (secondary N) is 1. The van der Waals surface area contributed by atoms with Gasteiger partial charge in [-0.05, 0) is 12.1 Å². The van der Waals surface area contributed by atoms with Crippen molar-refractivity contribution in [2.45, 2.75) is 6.23 Å². The second kappa shape index (κ2) is 2.44. The standard InChI is InChI=1S/C7H9N2O/c1-2-4-9(3-1)7-5-8-6-10-7/h1-4,6-8H,5H2. The fourth-order valence-electron chi connectivity index (χ4n) is 1.04. The quantitative estimate of drug-likeness (QED) is 0.617. The zero-order valence-corrected chi connectivity index (χ0v) is 5.53. The molecule has 1 aliphatic heterocycles. The number of hydrogen-bond acceptors (Lipinski definition) is 2. The largest absolute Gasteiger partial charge is 0.334 e. The molecular weight excluding hydrogens is 128 g/mol. The number of aromatic nitrogens is 1. The highest BCUT2D eigenvalue weighted by Gasteiger charge is 2.15. The highest BCUT2D eigenvalue weighted by Crippen LogP contribution is 2.12. The van der Waals surface area contributed by atoms with E-state index in [0.29, 0.717) is 0 Å². The van der Waals surface area contributed by atoms with Gasteiger partial charge in [-0.2, -0.15) is 0 Å². The maximum absolute atomic E-state index is 5.22. The first-order valence-electron chi connectivity index (χ1n) is 3.30. The molecule has 3 nitrogen and oxygen atoms in total. The van der Waals surface area contributed by atoms with Gasteiger partial charge in [-0.1, -0.05) is 0 Å². The molecule has 1 N–H and O–H groups in total. The zero-order valence-electron chi connectivity index (χ0n) is 5.53. The van der Waals surface area contributed by atoms with E-state index >= 15 is 0 Å². The predicted octanol–water partition coefficient (Wildman–Crippen LogP) is 0.726. The van der Waals surface area contributed by atoms with Crippen LogP contribution in [0.1, 0.15) is 6.23 Å². The lowest BCUT2D eigenvalue weighted by molar-refractivity contribution is 0.100. The molecular formula is C7H9N2O. The maximum atomic E-state index is 5.22. The van der Waals surface area contributed by atoms with Gasteiger partial charge in [-0.3, -0.25) is 5.32 Å². The minimum Gasteiger partial charge on any atom is -0.334 e. The number of hydrogen-bond donors (Lipinski definition) is 1. The Hall–Kier alpha value is -0.800. The average molecular weight is 137 g/mol. The van der Waals surface area contributed by atoms with E-state index < -0.39 is 0 Å². The molecule has 2 rings (SSSR count). The molecule has 0 spiro atoms. The van der Waals surface area contributed by atoms with Crippen molar-refractivity contribution < 1.29 is 4.74 Å². The Kier molecular flexibility index (Phi) is 1.45. The van der Waals surface area contributed by atoms with E-state index in [2.05, 4.69) is 5.32 Å². The molecule has 0 aliphatic carbocycles. The smallest absolute Gasteiger partial charge is 0.151 e. The van der Waals surface area contributed by atoms with Crippen LogP contribution in [0, 0.1) is 6.73 Å². The third-order valence-corrected chi connectivity index (χ3v) is 1.56. The lowest BCUT2D eigenvalue weighted by Gasteiger charge is -2.08. The molecule has 1 unspecified atom stereocenters. The van der Waals surface area contributed by atoms with Crippen molar-refractivity contribution in [2.75, 3.05) is 6.54 Å². The minimum absolute atomic E-state index is 0.148. The Morgan fingerprint density at radius 1 is 1.40 bits per heavy atom. The van der Waals surface area contributed by atoms with Crippen LogP contribution in [0.2, 0.25) is 0 Å². The molecule has 53 valence electrons. The van der Waals surface area contributed by atoms with E-state index in [1.165, 1.54) is 0 Å². The molecule has 2 heterocycles. The molecule has 0 bridgehead atoms. The van der Waals surface area contributed by atoms with Crippen LogP contribution in [-0.4, -0.2) is 11.1 Å². The fraction of sp³-hybridized carbons (Fsp3) is 0.286. The molecule has 10 heavy (non-hydrogen) atoms. The van der Waals surface area contributed by atoms with Crippen LogP contribution < -0.4 is 5.32 Å². The van der Waals surface area contributed by atoms with Crippen molar-refractivity contribution in [2.24, 2.45) is 0 Å². The van der Waals surface area contributed by atoms with Crippen LogP contribution in [0.4, 0.5) is 0 Å². The van der Waals surface area contributed by atoms with Crippen molar-refractivity contribution >= 4 is 0 Å². The summed E-state index contributed by atoms with van der Waals surface area (Å²) in [5.41, 5.74) is 0. The molecule has 1 aromatic rings. The van der Waals surface area contributed by atoms with Crippen molar-refractivity contribution in [3.05, 3.63) is 31.3 Å². The summed E-state index contributed by atoms with van der Waals surface area (Å²) in [4.78, 5) is 0. The van der Waals surface area contributed by atoms with Gasteiger partial charge in [-0.15, -0.1) is 0 Å². The summed E-state index contributed by atoms with van der Waals surface area (Å²) in [6.45, 7) is 2.49. The molecule has 1 aromatic heterocycles. The van der Waals surface area contributed by atoms with Gasteiger partial charge in [0.2, 0.25) is 0 Å². The minimum atomic E-state index is 0.148. The summed E-state index contributed by atoms with van der Waals surface area (Å²) in [6.07, 6.45) is 4.13. The van der Waals surface area contributed by atoms with E-state index in [4.69, 9.17) is 4.74 Å². The first-order chi connectivity index (χ1) is 4.97. The van der Waals surface area contributed by atoms with Crippen LogP contribution in [0.15, 0.2) is 24.5 Å². The summed E-state index contributed by atoms with van der Waals surface area (Å²) in [6, 6.07) is 3.98. The second-order valence-corrected chi connectivity index (χ2v) is 2.25. The third kappa shape index (κ3) is 0.936. The van der Waals surface area contributed by atoms with Gasteiger partial charge in [0.25, 0.3) is 0 Å². The highest BCUT2D eigenvalue weighted by molar-refractivity contribution is 4.92. The molecule has 3 heteroatoms. The summed E-state index contributed by atoms with van der Waals surface area (Å²) in [5, 5.41) is 2.99. The molecule has 0 aromatic carbocycles. The van der Waals surface area contributed by atoms with Gasteiger partial charge in [0, 0.05) is 18.9 Å². The number of ether oxygens (including phenoxy) is 1. The van der Waals surface area contributed by atoms with Gasteiger partial charge < -0.3 is 9.30 Å². The zero-order chi connectivity index (χ0) is 6.81. The summed E-state index contributed by atoms with van der Waals surface area (Å²) < 4.78 is 7.25. The fourth-order valence-corrected chi connectivity index (χ4v) is 1.04. The van der Waals surface area contributed by atoms with Gasteiger partial charge >= 0.3 is 0 Å². The van der Waals surface area contributed by atoms with E-state index in [1.807, 2.05) is 29.1 Å². The lowest BCUT2D eigenvalue weighted by atomic mass is 10.5. The van der Waals surface area contributed by atoms with Crippen LogP contribution in [0.3, 0.4) is 0 Å². The SMILES string of the molecule is [CH]1NCC(n2cccc2)O1. The van der Waals surface area contributed by atoms with Gasteiger partial charge in [0.1, 0.15) is 6.23 Å². The van der Waals surface area contributed by atoms with Crippen LogP contribution in [0.25, 0.3) is 0 Å². The van der Waals surface area contributed by atoms with Gasteiger partial charge in [-0.25, -0.2) is 0 Å². The second-order valence-electron chi connectivity index (χ2n) is 2.25. The Morgan fingerprint density at radius 3 is 2.80 bits per heavy atom. The molecule has 0 saturated carbocycles. The first kappa shape index (κ1) is 5.95. The van der Waals surface area contributed by atoms with E-state index in [1.54, 1.807) is 6.73 Å². The van der Waals surface area contributed by atoms with Crippen molar-refractivity contribution in [3.63, 3.8) is 0 Å². The molecule has 1 radical (unpaired) electrons. The molecule has 1 saturated heterocycles. The first-order valence-corrected chi connectivity index (χ1v) is 3.30. The molecule has 1 aliphatic rings. The Balaban J connectivity index is 2.12. The Labute approximate surface area is 59.6 Å². The van der Waals surface area contributed by atoms with E-state index in [9.17, 15) is 0 Å². The van der Waals surface area contributed by atoms with Crippen LogP contribution >= 0.6 is 0 Å². The summed E-state index contributed by atoms with van der Waals surface area (Å²) >= 11 is 0.